The zero-order valence-electron chi connectivity index (χ0n) is 46.6. The van der Waals surface area contributed by atoms with Crippen LogP contribution in [0.1, 0.15) is 116 Å². The first-order chi connectivity index (χ1) is 38.7. The fourth-order valence-corrected chi connectivity index (χ4v) is 11.4. The lowest BCUT2D eigenvalue weighted by atomic mass is 9.85. The number of pyridine rings is 1. The maximum atomic E-state index is 14.7. The standard InChI is InChI=1S/C60H72Cl2FN7O10S/c1-35-34-81-53(36(35)2)40-14-15-41(30-67-56(73)48-28-42(71)33-70(48)57(74)54(59(4,5)6)69-58(75)60(63)18-19-60)49(27-40)78-26-25-77-24-23-76-22-20-66-55(72)39-12-10-38(11-13-39)52(64)44-29-43(16-17-47(44)68-50-9-7-8-21-79-50)80-37(3)51-45(61)31-65-32-46(51)62/h10-17,27,29,31-32,34,37,42,48,50,54,64,68,71H,7-9,18-26,28,30,33H2,1-6H3,(H,66,72)(H,67,73)(H,69,75)/t37-,42-,48+,50?,54-/m1/s1. The highest BCUT2D eigenvalue weighted by atomic mass is 35.5. The molecule has 3 fully saturated rings. The van der Waals surface area contributed by atoms with Crippen molar-refractivity contribution in [3.05, 3.63) is 127 Å². The fraction of sp³-hybridized carbons (Fsp3) is 0.467. The van der Waals surface area contributed by atoms with Gasteiger partial charge >= 0.3 is 0 Å². The highest BCUT2D eigenvalue weighted by Crippen LogP contribution is 2.41. The Morgan fingerprint density at radius 2 is 1.64 bits per heavy atom. The molecular weight excluding hydrogens is 1100 g/mol. The normalized spacial score (nSPS) is 18.3. The van der Waals surface area contributed by atoms with Crippen LogP contribution >= 0.6 is 34.5 Å². The van der Waals surface area contributed by atoms with Gasteiger partial charge in [0.1, 0.15) is 42.5 Å². The van der Waals surface area contributed by atoms with Crippen molar-refractivity contribution < 1.29 is 52.4 Å². The van der Waals surface area contributed by atoms with Crippen molar-refractivity contribution in [1.29, 1.82) is 5.41 Å². The van der Waals surface area contributed by atoms with E-state index in [-0.39, 0.29) is 89.8 Å². The Balaban J connectivity index is 0.796. The van der Waals surface area contributed by atoms with Crippen LogP contribution in [0.25, 0.3) is 10.4 Å². The summed E-state index contributed by atoms with van der Waals surface area (Å²) < 4.78 is 44.8. The van der Waals surface area contributed by atoms with Crippen molar-refractivity contribution >= 4 is 69.6 Å². The number of β-amino-alcohol motifs (C(OH)–C–C–N with tert-alkyl or cyclic N) is 1. The molecule has 81 heavy (non-hydrogen) atoms. The van der Waals surface area contributed by atoms with Gasteiger partial charge in [-0.1, -0.05) is 68.2 Å². The van der Waals surface area contributed by atoms with Crippen LogP contribution in [0.15, 0.2) is 78.4 Å². The second-order valence-corrected chi connectivity index (χ2v) is 23.5. The van der Waals surface area contributed by atoms with Crippen LogP contribution in [0.2, 0.25) is 10.0 Å². The quantitative estimate of drug-likeness (QED) is 0.0238. The number of hydrogen-bond acceptors (Lipinski definition) is 14. The first-order valence-corrected chi connectivity index (χ1v) is 29.0. The molecule has 5 atom stereocenters. The molecule has 4 heterocycles. The van der Waals surface area contributed by atoms with Gasteiger partial charge in [0.15, 0.2) is 5.67 Å². The monoisotopic (exact) mass is 1170 g/mol. The van der Waals surface area contributed by atoms with Gasteiger partial charge in [0.25, 0.3) is 11.8 Å². The van der Waals surface area contributed by atoms with Crippen molar-refractivity contribution in [2.75, 3.05) is 58.0 Å². The summed E-state index contributed by atoms with van der Waals surface area (Å²) in [5.41, 5.74) is 4.28. The number of alkyl halides is 1. The summed E-state index contributed by atoms with van der Waals surface area (Å²) >= 11 is 14.5. The maximum absolute atomic E-state index is 14.7. The van der Waals surface area contributed by atoms with E-state index in [0.717, 1.165) is 35.3 Å². The van der Waals surface area contributed by atoms with Gasteiger partial charge in [-0.05, 0) is 117 Å². The Kier molecular flexibility index (Phi) is 20.5. The van der Waals surface area contributed by atoms with Crippen molar-refractivity contribution in [1.82, 2.24) is 25.8 Å². The summed E-state index contributed by atoms with van der Waals surface area (Å²) in [4.78, 5) is 60.1. The molecule has 3 aliphatic rings. The molecule has 2 saturated heterocycles. The van der Waals surface area contributed by atoms with E-state index in [2.05, 4.69) is 45.5 Å². The minimum atomic E-state index is -1.99. The number of aliphatic hydroxyl groups is 1. The third-order valence-corrected chi connectivity index (χ3v) is 16.5. The first-order valence-electron chi connectivity index (χ1n) is 27.4. The van der Waals surface area contributed by atoms with E-state index >= 15 is 0 Å². The van der Waals surface area contributed by atoms with Crippen LogP contribution in [0.5, 0.6) is 11.5 Å². The van der Waals surface area contributed by atoms with Gasteiger partial charge in [-0.25, -0.2) is 4.39 Å². The number of carbonyl (C=O) groups is 4. The van der Waals surface area contributed by atoms with Gasteiger partial charge in [-0.3, -0.25) is 29.6 Å². The summed E-state index contributed by atoms with van der Waals surface area (Å²) in [5, 5.41) is 34.7. The summed E-state index contributed by atoms with van der Waals surface area (Å²) in [7, 11) is 0. The number of hydrogen-bond donors (Lipinski definition) is 6. The Labute approximate surface area is 486 Å². The number of amides is 4. The number of aromatic nitrogens is 1. The zero-order valence-corrected chi connectivity index (χ0v) is 48.9. The molecule has 0 bridgehead atoms. The average molecular weight is 1170 g/mol. The van der Waals surface area contributed by atoms with E-state index in [1.165, 1.54) is 22.9 Å². The maximum Gasteiger partial charge on any atom is 0.258 e. The van der Waals surface area contributed by atoms with Gasteiger partial charge in [0.2, 0.25) is 11.8 Å². The predicted molar refractivity (Wildman–Crippen MR) is 310 cm³/mol. The average Bonchev–Trinajstić information content (AvgIpc) is 4.01. The van der Waals surface area contributed by atoms with Crippen LogP contribution < -0.4 is 30.7 Å². The molecule has 0 radical (unpaired) electrons. The number of halogens is 3. The van der Waals surface area contributed by atoms with Crippen LogP contribution in [0, 0.1) is 24.7 Å². The van der Waals surface area contributed by atoms with Crippen LogP contribution in [0.3, 0.4) is 0 Å². The van der Waals surface area contributed by atoms with E-state index in [0.29, 0.717) is 61.7 Å². The summed E-state index contributed by atoms with van der Waals surface area (Å²) in [6, 6.07) is 16.0. The largest absolute Gasteiger partial charge is 0.491 e. The first kappa shape index (κ1) is 60.9. The SMILES string of the molecule is Cc1csc(-c2ccc(CNC(=O)[C@@H]3C[C@@H](O)CN3C(=O)[C@@H](NC(=O)C3(F)CC3)C(C)(C)C)c(OCCOCCOCCNC(=O)c3ccc(C(=N)c4cc(O[C@H](C)c5c(Cl)cncc5Cl)ccc4NC4CCCCO4)cc3)c2)c1C. The minimum absolute atomic E-state index is 0.00174. The van der Waals surface area contributed by atoms with Crippen LogP contribution in [-0.4, -0.2) is 127 Å². The number of nitrogens with one attached hydrogen (secondary N) is 5. The van der Waals surface area contributed by atoms with Crippen molar-refractivity contribution in [3.8, 4) is 21.9 Å². The number of aliphatic hydroxyl groups excluding tert-OH is 1. The molecule has 2 aliphatic heterocycles. The highest BCUT2D eigenvalue weighted by Gasteiger charge is 2.53. The molecule has 434 valence electrons. The third kappa shape index (κ3) is 15.7. The number of benzene rings is 3. The molecule has 21 heteroatoms. The lowest BCUT2D eigenvalue weighted by Crippen LogP contribution is -2.59. The number of carbonyl (C=O) groups excluding carboxylic acids is 4. The Hall–Kier alpha value is -6.19. The van der Waals surface area contributed by atoms with Crippen molar-refractivity contribution in [3.63, 3.8) is 0 Å². The van der Waals surface area contributed by atoms with E-state index in [4.69, 9.17) is 46.9 Å². The van der Waals surface area contributed by atoms with Crippen LogP contribution in [0.4, 0.5) is 10.1 Å². The summed E-state index contributed by atoms with van der Waals surface area (Å²) in [5.74, 6) is -1.14. The molecule has 2 aromatic heterocycles. The smallest absolute Gasteiger partial charge is 0.258 e. The number of nitrogens with zero attached hydrogens (tertiary/aromatic N) is 2. The second-order valence-electron chi connectivity index (χ2n) is 21.8. The fourth-order valence-electron chi connectivity index (χ4n) is 9.63. The molecule has 3 aromatic carbocycles. The Morgan fingerprint density at radius 3 is 2.31 bits per heavy atom. The van der Waals surface area contributed by atoms with Gasteiger partial charge < -0.3 is 55.0 Å². The van der Waals surface area contributed by atoms with Gasteiger partial charge in [0.05, 0.1) is 48.3 Å². The lowest BCUT2D eigenvalue weighted by Gasteiger charge is -2.35. The van der Waals surface area contributed by atoms with E-state index in [1.54, 1.807) is 62.4 Å². The lowest BCUT2D eigenvalue weighted by molar-refractivity contribution is -0.145. The van der Waals surface area contributed by atoms with Crippen molar-refractivity contribution in [2.24, 2.45) is 5.41 Å². The number of anilines is 1. The molecule has 1 saturated carbocycles. The van der Waals surface area contributed by atoms with Gasteiger partial charge in [-0.15, -0.1) is 11.3 Å². The number of likely N-dealkylation sites (tertiary alicyclic amines) is 1. The Morgan fingerprint density at radius 1 is 0.938 bits per heavy atom. The summed E-state index contributed by atoms with van der Waals surface area (Å²) in [6.45, 7) is 13.3. The highest BCUT2D eigenvalue weighted by molar-refractivity contribution is 7.14. The van der Waals surface area contributed by atoms with Crippen molar-refractivity contribution in [2.45, 2.75) is 123 Å². The molecule has 8 rings (SSSR count). The van der Waals surface area contributed by atoms with E-state index in [9.17, 15) is 34.1 Å². The topological polar surface area (TPSA) is 223 Å². The van der Waals surface area contributed by atoms with Gasteiger partial charge in [0, 0.05) is 83.4 Å². The number of ether oxygens (including phenoxy) is 5. The predicted octanol–water partition coefficient (Wildman–Crippen LogP) is 9.68. The second kappa shape index (κ2) is 27.3. The third-order valence-electron chi connectivity index (χ3n) is 14.6. The molecule has 5 aromatic rings. The molecule has 1 aliphatic carbocycles. The molecule has 17 nitrogen and oxygen atoms in total. The van der Waals surface area contributed by atoms with E-state index in [1.807, 2.05) is 37.3 Å². The van der Waals surface area contributed by atoms with Gasteiger partial charge in [-0.2, -0.15) is 0 Å². The molecular formula is C60H72Cl2FN7O10S. The zero-order chi connectivity index (χ0) is 58.0. The van der Waals surface area contributed by atoms with E-state index < -0.39 is 53.1 Å². The number of aryl methyl sites for hydroxylation is 1. The Bertz CT molecular complexity index is 3040. The van der Waals surface area contributed by atoms with Crippen LogP contribution in [-0.2, 0) is 35.1 Å². The number of thiophene rings is 1. The molecule has 0 spiro atoms. The molecule has 6 N–H and O–H groups in total. The minimum Gasteiger partial charge on any atom is -0.491 e. The number of rotatable bonds is 25. The summed E-state index contributed by atoms with van der Waals surface area (Å²) in [6.07, 6.45) is 4.40. The molecule has 1 unspecified atom stereocenters. The molecule has 4 amide bonds.